The Morgan fingerprint density at radius 3 is 3.04 bits per heavy atom. The minimum atomic E-state index is -0.201. The van der Waals surface area contributed by atoms with Gasteiger partial charge in [0.05, 0.1) is 23.1 Å². The molecular formula is C20H20N4O2S. The topological polar surface area (TPSA) is 78.1 Å². The third-order valence-electron chi connectivity index (χ3n) is 4.60. The molecule has 2 heterocycles. The van der Waals surface area contributed by atoms with Crippen molar-refractivity contribution in [2.45, 2.75) is 19.8 Å². The monoisotopic (exact) mass is 380 g/mol. The Kier molecular flexibility index (Phi) is 4.85. The smallest absolute Gasteiger partial charge is 0.286 e. The first-order valence-corrected chi connectivity index (χ1v) is 9.85. The summed E-state index contributed by atoms with van der Waals surface area (Å²) in [6.45, 7) is 2.75. The number of H-pyrrole nitrogens is 1. The third-order valence-corrected chi connectivity index (χ3v) is 5.48. The average Bonchev–Trinajstić information content (AvgIpc) is 3.13. The predicted molar refractivity (Wildman–Crippen MR) is 109 cm³/mol. The van der Waals surface area contributed by atoms with Gasteiger partial charge in [-0.05, 0) is 49.6 Å². The van der Waals surface area contributed by atoms with Gasteiger partial charge in [0.25, 0.3) is 5.24 Å². The van der Waals surface area contributed by atoms with E-state index in [4.69, 9.17) is 0 Å². The van der Waals surface area contributed by atoms with E-state index in [-0.39, 0.29) is 16.9 Å². The molecule has 0 radical (unpaired) electrons. The lowest BCUT2D eigenvalue weighted by Crippen LogP contribution is -2.33. The molecule has 4 rings (SSSR count). The lowest BCUT2D eigenvalue weighted by atomic mass is 10.0. The Morgan fingerprint density at radius 1 is 1.26 bits per heavy atom. The van der Waals surface area contributed by atoms with E-state index in [9.17, 15) is 9.59 Å². The Hall–Kier alpha value is -2.80. The molecule has 0 saturated carbocycles. The summed E-state index contributed by atoms with van der Waals surface area (Å²) in [6.07, 6.45) is 3.55. The molecule has 27 heavy (non-hydrogen) atoms. The van der Waals surface area contributed by atoms with Crippen molar-refractivity contribution in [1.82, 2.24) is 9.97 Å². The van der Waals surface area contributed by atoms with Crippen molar-refractivity contribution in [3.05, 3.63) is 53.9 Å². The number of aromatic nitrogens is 2. The highest BCUT2D eigenvalue weighted by molar-refractivity contribution is 8.14. The minimum Gasteiger partial charge on any atom is -0.345 e. The average molecular weight is 380 g/mol. The number of benzene rings is 2. The van der Waals surface area contributed by atoms with Crippen molar-refractivity contribution in [3.8, 4) is 0 Å². The van der Waals surface area contributed by atoms with Crippen molar-refractivity contribution < 1.29 is 9.59 Å². The quantitative estimate of drug-likeness (QED) is 0.717. The number of aryl methyl sites for hydroxylation is 2. The summed E-state index contributed by atoms with van der Waals surface area (Å²) in [5.74, 6) is -0.120. The van der Waals surface area contributed by atoms with Crippen LogP contribution in [0.4, 0.5) is 16.2 Å². The molecule has 0 spiro atoms. The zero-order valence-electron chi connectivity index (χ0n) is 15.0. The van der Waals surface area contributed by atoms with E-state index in [0.29, 0.717) is 12.2 Å². The van der Waals surface area contributed by atoms with E-state index < -0.39 is 0 Å². The molecule has 1 aliphatic heterocycles. The molecule has 0 atom stereocenters. The second-order valence-electron chi connectivity index (χ2n) is 6.62. The van der Waals surface area contributed by atoms with Gasteiger partial charge >= 0.3 is 0 Å². The molecule has 6 nitrogen and oxygen atoms in total. The number of nitrogens with one attached hydrogen (secondary N) is 2. The normalized spacial score (nSPS) is 13.4. The molecule has 0 unspecified atom stereocenters. The van der Waals surface area contributed by atoms with Gasteiger partial charge in [0, 0.05) is 17.9 Å². The summed E-state index contributed by atoms with van der Waals surface area (Å²) >= 11 is 1.04. The zero-order chi connectivity index (χ0) is 18.8. The first kappa shape index (κ1) is 17.6. The molecule has 1 aromatic heterocycles. The first-order chi connectivity index (χ1) is 13.1. The van der Waals surface area contributed by atoms with E-state index in [1.165, 1.54) is 11.1 Å². The summed E-state index contributed by atoms with van der Waals surface area (Å²) in [5.41, 5.74) is 5.75. The second kappa shape index (κ2) is 7.44. The van der Waals surface area contributed by atoms with Gasteiger partial charge in [0.2, 0.25) is 5.91 Å². The summed E-state index contributed by atoms with van der Waals surface area (Å²) in [4.78, 5) is 33.8. The number of hydrogen-bond acceptors (Lipinski definition) is 4. The van der Waals surface area contributed by atoms with Gasteiger partial charge in [-0.25, -0.2) is 4.98 Å². The number of rotatable bonds is 3. The van der Waals surface area contributed by atoms with Gasteiger partial charge in [-0.3, -0.25) is 9.59 Å². The summed E-state index contributed by atoms with van der Waals surface area (Å²) in [5, 5.41) is 2.75. The fourth-order valence-electron chi connectivity index (χ4n) is 3.33. The van der Waals surface area contributed by atoms with Crippen LogP contribution in [-0.2, 0) is 11.2 Å². The first-order valence-electron chi connectivity index (χ1n) is 8.87. The van der Waals surface area contributed by atoms with Crippen LogP contribution >= 0.6 is 11.8 Å². The maximum Gasteiger partial charge on any atom is 0.286 e. The molecule has 0 saturated heterocycles. The number of fused-ring (bicyclic) bond motifs is 2. The fourth-order valence-corrected chi connectivity index (χ4v) is 4.00. The van der Waals surface area contributed by atoms with E-state index in [1.807, 2.05) is 24.3 Å². The molecule has 7 heteroatoms. The number of hydrogen-bond donors (Lipinski definition) is 2. The van der Waals surface area contributed by atoms with Crippen molar-refractivity contribution >= 4 is 45.3 Å². The van der Waals surface area contributed by atoms with Gasteiger partial charge < -0.3 is 15.2 Å². The Morgan fingerprint density at radius 2 is 2.15 bits per heavy atom. The Labute approximate surface area is 161 Å². The highest BCUT2D eigenvalue weighted by Gasteiger charge is 2.23. The van der Waals surface area contributed by atoms with Gasteiger partial charge in [-0.2, -0.15) is 0 Å². The lowest BCUT2D eigenvalue weighted by molar-refractivity contribution is -0.113. The van der Waals surface area contributed by atoms with Crippen LogP contribution in [-0.4, -0.2) is 33.4 Å². The molecule has 2 N–H and O–H groups in total. The van der Waals surface area contributed by atoms with Crippen molar-refractivity contribution in [1.29, 1.82) is 0 Å². The van der Waals surface area contributed by atoms with Crippen molar-refractivity contribution in [2.75, 3.05) is 22.5 Å². The van der Waals surface area contributed by atoms with Crippen LogP contribution in [0.3, 0.4) is 0 Å². The molecule has 0 fully saturated rings. The molecule has 138 valence electrons. The summed E-state index contributed by atoms with van der Waals surface area (Å²) < 4.78 is 0. The fraction of sp³-hybridized carbons (Fsp3) is 0.250. The highest BCUT2D eigenvalue weighted by atomic mass is 32.2. The van der Waals surface area contributed by atoms with Crippen LogP contribution in [0.2, 0.25) is 0 Å². The highest BCUT2D eigenvalue weighted by Crippen LogP contribution is 2.30. The second-order valence-corrected chi connectivity index (χ2v) is 7.55. The van der Waals surface area contributed by atoms with E-state index in [1.54, 1.807) is 17.3 Å². The zero-order valence-corrected chi connectivity index (χ0v) is 15.8. The standard InChI is InChI=1S/C20H20N4O2S/c1-13-4-7-18-14(9-13)3-2-8-24(18)20(26)27-11-19(25)23-15-5-6-16-17(10-15)22-12-21-16/h4-7,9-10,12H,2-3,8,11H2,1H3,(H,21,22)(H,23,25). The van der Waals surface area contributed by atoms with Crippen LogP contribution < -0.4 is 10.2 Å². The lowest BCUT2D eigenvalue weighted by Gasteiger charge is -2.29. The molecule has 1 aliphatic rings. The Bertz CT molecular complexity index is 1010. The van der Waals surface area contributed by atoms with Gasteiger partial charge in [0.15, 0.2) is 0 Å². The molecular weight excluding hydrogens is 360 g/mol. The van der Waals surface area contributed by atoms with E-state index in [0.717, 1.165) is 41.3 Å². The van der Waals surface area contributed by atoms with Crippen LogP contribution in [0.5, 0.6) is 0 Å². The van der Waals surface area contributed by atoms with E-state index in [2.05, 4.69) is 28.3 Å². The number of carbonyl (C=O) groups is 2. The number of carbonyl (C=O) groups excluding carboxylic acids is 2. The predicted octanol–water partition coefficient (Wildman–Crippen LogP) is 4.12. The summed E-state index contributed by atoms with van der Waals surface area (Å²) in [6, 6.07) is 11.6. The maximum absolute atomic E-state index is 12.6. The number of nitrogens with zero attached hydrogens (tertiary/aromatic N) is 2. The van der Waals surface area contributed by atoms with Crippen LogP contribution in [0.15, 0.2) is 42.7 Å². The number of anilines is 2. The van der Waals surface area contributed by atoms with Crippen LogP contribution in [0, 0.1) is 6.92 Å². The number of aromatic amines is 1. The number of imidazole rings is 1. The molecule has 2 amide bonds. The molecule has 2 aromatic carbocycles. The van der Waals surface area contributed by atoms with Gasteiger partial charge in [0.1, 0.15) is 0 Å². The minimum absolute atomic E-state index is 0.0809. The van der Waals surface area contributed by atoms with Crippen LogP contribution in [0.25, 0.3) is 11.0 Å². The number of thioether (sulfide) groups is 1. The van der Waals surface area contributed by atoms with Crippen molar-refractivity contribution in [3.63, 3.8) is 0 Å². The molecule has 0 aliphatic carbocycles. The Balaban J connectivity index is 1.37. The maximum atomic E-state index is 12.6. The van der Waals surface area contributed by atoms with Crippen LogP contribution in [0.1, 0.15) is 17.5 Å². The van der Waals surface area contributed by atoms with Gasteiger partial charge in [-0.1, -0.05) is 29.5 Å². The SMILES string of the molecule is Cc1ccc2c(c1)CCCN2C(=O)SCC(=O)Nc1ccc2nc[nH]c2c1. The largest absolute Gasteiger partial charge is 0.345 e. The number of amides is 2. The van der Waals surface area contributed by atoms with E-state index >= 15 is 0 Å². The van der Waals surface area contributed by atoms with Crippen molar-refractivity contribution in [2.24, 2.45) is 0 Å². The third kappa shape index (κ3) is 3.83. The van der Waals surface area contributed by atoms with Gasteiger partial charge in [-0.15, -0.1) is 0 Å². The molecule has 0 bridgehead atoms. The summed E-state index contributed by atoms with van der Waals surface area (Å²) in [7, 11) is 0. The molecule has 3 aromatic rings.